The quantitative estimate of drug-likeness (QED) is 0.740. The molecular weight excluding hydrogens is 352 g/mol. The second kappa shape index (κ2) is 9.51. The van der Waals surface area contributed by atoms with Gasteiger partial charge in [-0.2, -0.15) is 0 Å². The summed E-state index contributed by atoms with van der Waals surface area (Å²) in [5.41, 5.74) is 2.64. The number of para-hydroxylation sites is 2. The van der Waals surface area contributed by atoms with Gasteiger partial charge in [-0.15, -0.1) is 0 Å². The zero-order valence-corrected chi connectivity index (χ0v) is 16.6. The van der Waals surface area contributed by atoms with Gasteiger partial charge in [0.2, 0.25) is 5.91 Å². The van der Waals surface area contributed by atoms with Crippen molar-refractivity contribution in [2.75, 3.05) is 31.6 Å². The lowest BCUT2D eigenvalue weighted by molar-refractivity contribution is -0.117. The molecule has 0 bridgehead atoms. The van der Waals surface area contributed by atoms with Crippen molar-refractivity contribution in [3.63, 3.8) is 0 Å². The number of hydrogen-bond acceptors (Lipinski definition) is 4. The minimum absolute atomic E-state index is 0.0423. The monoisotopic (exact) mass is 380 g/mol. The van der Waals surface area contributed by atoms with E-state index < -0.39 is 0 Å². The fourth-order valence-corrected chi connectivity index (χ4v) is 3.55. The SMILES string of the molecule is CCOc1ccccc1NC(=O)CN1CCC(C(=O)c2ccc(C)cc2)CC1. The molecule has 0 unspecified atom stereocenters. The first-order chi connectivity index (χ1) is 13.6. The molecule has 2 aromatic carbocycles. The summed E-state index contributed by atoms with van der Waals surface area (Å²) in [4.78, 5) is 27.2. The number of benzene rings is 2. The van der Waals surface area contributed by atoms with Crippen molar-refractivity contribution in [2.45, 2.75) is 26.7 Å². The number of nitrogens with zero attached hydrogens (tertiary/aromatic N) is 1. The van der Waals surface area contributed by atoms with E-state index in [0.29, 0.717) is 24.6 Å². The molecule has 1 aliphatic rings. The standard InChI is InChI=1S/C23H28N2O3/c1-3-28-21-7-5-4-6-20(21)24-22(26)16-25-14-12-19(13-15-25)23(27)18-10-8-17(2)9-11-18/h4-11,19H,3,12-16H2,1-2H3,(H,24,26). The van der Waals surface area contributed by atoms with Crippen LogP contribution in [0.25, 0.3) is 0 Å². The van der Waals surface area contributed by atoms with Crippen LogP contribution >= 0.6 is 0 Å². The average molecular weight is 380 g/mol. The van der Waals surface area contributed by atoms with Gasteiger partial charge < -0.3 is 10.1 Å². The van der Waals surface area contributed by atoms with Gasteiger partial charge in [-0.1, -0.05) is 42.0 Å². The fraction of sp³-hybridized carbons (Fsp3) is 0.391. The predicted octanol–water partition coefficient (Wildman–Crippen LogP) is 3.93. The first kappa shape index (κ1) is 20.1. The molecule has 0 aromatic heterocycles. The van der Waals surface area contributed by atoms with Gasteiger partial charge >= 0.3 is 0 Å². The number of carbonyl (C=O) groups excluding carboxylic acids is 2. The molecule has 2 aromatic rings. The lowest BCUT2D eigenvalue weighted by Gasteiger charge is -2.30. The number of carbonyl (C=O) groups is 2. The Kier molecular flexibility index (Phi) is 6.82. The lowest BCUT2D eigenvalue weighted by atomic mass is 9.88. The van der Waals surface area contributed by atoms with Crippen molar-refractivity contribution >= 4 is 17.4 Å². The van der Waals surface area contributed by atoms with Gasteiger partial charge in [-0.25, -0.2) is 0 Å². The Bertz CT molecular complexity index is 809. The molecule has 0 radical (unpaired) electrons. The maximum absolute atomic E-state index is 12.7. The minimum atomic E-state index is -0.0598. The van der Waals surface area contributed by atoms with E-state index in [2.05, 4.69) is 10.2 Å². The summed E-state index contributed by atoms with van der Waals surface area (Å²) in [5, 5.41) is 2.94. The van der Waals surface area contributed by atoms with E-state index in [-0.39, 0.29) is 17.6 Å². The normalized spacial score (nSPS) is 15.2. The van der Waals surface area contributed by atoms with Crippen LogP contribution in [0.15, 0.2) is 48.5 Å². The molecule has 5 nitrogen and oxygen atoms in total. The van der Waals surface area contributed by atoms with Gasteiger partial charge in [0.15, 0.2) is 5.78 Å². The third kappa shape index (κ3) is 5.20. The van der Waals surface area contributed by atoms with Crippen molar-refractivity contribution in [1.82, 2.24) is 4.90 Å². The van der Waals surface area contributed by atoms with Crippen LogP contribution in [0.2, 0.25) is 0 Å². The number of piperidine rings is 1. The lowest BCUT2D eigenvalue weighted by Crippen LogP contribution is -2.40. The van der Waals surface area contributed by atoms with Crippen molar-refractivity contribution < 1.29 is 14.3 Å². The van der Waals surface area contributed by atoms with Crippen molar-refractivity contribution in [2.24, 2.45) is 5.92 Å². The summed E-state index contributed by atoms with van der Waals surface area (Å²) >= 11 is 0. The van der Waals surface area contributed by atoms with Crippen molar-refractivity contribution in [1.29, 1.82) is 0 Å². The minimum Gasteiger partial charge on any atom is -0.492 e. The number of hydrogen-bond donors (Lipinski definition) is 1. The summed E-state index contributed by atoms with van der Waals surface area (Å²) in [6.07, 6.45) is 1.57. The number of Topliss-reactive ketones (excluding diaryl/α,β-unsaturated/α-hetero) is 1. The van der Waals surface area contributed by atoms with Crippen molar-refractivity contribution in [3.8, 4) is 5.75 Å². The van der Waals surface area contributed by atoms with Crippen LogP contribution in [0.1, 0.15) is 35.7 Å². The highest BCUT2D eigenvalue weighted by Gasteiger charge is 2.26. The third-order valence-corrected chi connectivity index (χ3v) is 5.12. The summed E-state index contributed by atoms with van der Waals surface area (Å²) in [5.74, 6) is 0.881. The molecule has 0 aliphatic carbocycles. The van der Waals surface area contributed by atoms with Crippen LogP contribution < -0.4 is 10.1 Å². The van der Waals surface area contributed by atoms with Crippen LogP contribution in [0.5, 0.6) is 5.75 Å². The van der Waals surface area contributed by atoms with E-state index in [4.69, 9.17) is 4.74 Å². The fourth-order valence-electron chi connectivity index (χ4n) is 3.55. The van der Waals surface area contributed by atoms with E-state index in [9.17, 15) is 9.59 Å². The van der Waals surface area contributed by atoms with Crippen molar-refractivity contribution in [3.05, 3.63) is 59.7 Å². The number of nitrogens with one attached hydrogen (secondary N) is 1. The molecule has 0 saturated carbocycles. The Balaban J connectivity index is 1.49. The van der Waals surface area contributed by atoms with Gasteiger partial charge in [0.25, 0.3) is 0 Å². The molecule has 1 aliphatic heterocycles. The Labute approximate surface area is 166 Å². The highest BCUT2D eigenvalue weighted by Crippen LogP contribution is 2.25. The van der Waals surface area contributed by atoms with Gasteiger partial charge in [0, 0.05) is 11.5 Å². The predicted molar refractivity (Wildman–Crippen MR) is 111 cm³/mol. The second-order valence-corrected chi connectivity index (χ2v) is 7.26. The number of likely N-dealkylation sites (tertiary alicyclic amines) is 1. The first-order valence-electron chi connectivity index (χ1n) is 9.91. The molecule has 1 N–H and O–H groups in total. The van der Waals surface area contributed by atoms with E-state index in [0.717, 1.165) is 37.1 Å². The largest absolute Gasteiger partial charge is 0.492 e. The van der Waals surface area contributed by atoms with Gasteiger partial charge in [-0.3, -0.25) is 14.5 Å². The number of anilines is 1. The summed E-state index contributed by atoms with van der Waals surface area (Å²) < 4.78 is 5.55. The van der Waals surface area contributed by atoms with E-state index in [1.54, 1.807) is 0 Å². The molecule has 1 heterocycles. The summed E-state index contributed by atoms with van der Waals surface area (Å²) in [6, 6.07) is 15.2. The molecule has 1 saturated heterocycles. The molecule has 1 amide bonds. The molecule has 1 fully saturated rings. The van der Waals surface area contributed by atoms with Crippen LogP contribution in [-0.2, 0) is 4.79 Å². The Morgan fingerprint density at radius 2 is 1.75 bits per heavy atom. The van der Waals surface area contributed by atoms with Crippen LogP contribution in [-0.4, -0.2) is 42.8 Å². The molecular formula is C23H28N2O3. The maximum atomic E-state index is 12.7. The maximum Gasteiger partial charge on any atom is 0.238 e. The smallest absolute Gasteiger partial charge is 0.238 e. The second-order valence-electron chi connectivity index (χ2n) is 7.26. The highest BCUT2D eigenvalue weighted by molar-refractivity contribution is 5.98. The topological polar surface area (TPSA) is 58.6 Å². The first-order valence-corrected chi connectivity index (χ1v) is 9.91. The van der Waals surface area contributed by atoms with Gasteiger partial charge in [-0.05, 0) is 51.9 Å². The van der Waals surface area contributed by atoms with Gasteiger partial charge in [0.05, 0.1) is 18.8 Å². The number of amides is 1. The Morgan fingerprint density at radius 1 is 1.07 bits per heavy atom. The molecule has 0 atom stereocenters. The van der Waals surface area contributed by atoms with Crippen LogP contribution in [0, 0.1) is 12.8 Å². The molecule has 148 valence electrons. The molecule has 28 heavy (non-hydrogen) atoms. The molecule has 0 spiro atoms. The molecule has 3 rings (SSSR count). The number of ether oxygens (including phenoxy) is 1. The summed E-state index contributed by atoms with van der Waals surface area (Å²) in [6.45, 7) is 6.32. The van der Waals surface area contributed by atoms with Crippen LogP contribution in [0.3, 0.4) is 0 Å². The zero-order valence-electron chi connectivity index (χ0n) is 16.6. The van der Waals surface area contributed by atoms with E-state index in [1.165, 1.54) is 0 Å². The Hall–Kier alpha value is -2.66. The Morgan fingerprint density at radius 3 is 2.43 bits per heavy atom. The highest BCUT2D eigenvalue weighted by atomic mass is 16.5. The third-order valence-electron chi connectivity index (χ3n) is 5.12. The number of ketones is 1. The van der Waals surface area contributed by atoms with E-state index >= 15 is 0 Å². The molecule has 5 heteroatoms. The summed E-state index contributed by atoms with van der Waals surface area (Å²) in [7, 11) is 0. The number of rotatable bonds is 7. The average Bonchev–Trinajstić information content (AvgIpc) is 2.70. The van der Waals surface area contributed by atoms with Gasteiger partial charge in [0.1, 0.15) is 5.75 Å². The van der Waals surface area contributed by atoms with Crippen LogP contribution in [0.4, 0.5) is 5.69 Å². The van der Waals surface area contributed by atoms with E-state index in [1.807, 2.05) is 62.4 Å². The number of aryl methyl sites for hydroxylation is 1. The zero-order chi connectivity index (χ0) is 19.9.